The Labute approximate surface area is 116 Å². The van der Waals surface area contributed by atoms with Gasteiger partial charge in [-0.3, -0.25) is 0 Å². The molecule has 1 N–H and O–H groups in total. The average molecular weight is 284 g/mol. The van der Waals surface area contributed by atoms with Gasteiger partial charge in [-0.2, -0.15) is 4.31 Å². The van der Waals surface area contributed by atoms with Crippen molar-refractivity contribution in [2.75, 3.05) is 13.6 Å². The summed E-state index contributed by atoms with van der Waals surface area (Å²) in [6, 6.07) is 7.15. The summed E-state index contributed by atoms with van der Waals surface area (Å²) >= 11 is 0. The molecule has 1 unspecified atom stereocenters. The molecule has 0 aliphatic carbocycles. The van der Waals surface area contributed by atoms with E-state index in [1.54, 1.807) is 22.5 Å². The Bertz CT molecular complexity index is 500. The molecule has 1 atom stereocenters. The second-order valence-corrected chi connectivity index (χ2v) is 6.53. The van der Waals surface area contributed by atoms with Crippen LogP contribution in [0.4, 0.5) is 0 Å². The Balaban J connectivity index is 3.14. The van der Waals surface area contributed by atoms with Crippen LogP contribution in [0.25, 0.3) is 0 Å². The molecule has 0 bridgehead atoms. The molecule has 0 aromatic heterocycles. The Hall–Kier alpha value is -0.910. The van der Waals surface area contributed by atoms with Crippen LogP contribution in [0.2, 0.25) is 0 Å². The molecule has 0 heterocycles. The van der Waals surface area contributed by atoms with E-state index < -0.39 is 10.0 Å². The highest BCUT2D eigenvalue weighted by Gasteiger charge is 2.26. The first-order valence-electron chi connectivity index (χ1n) is 6.72. The summed E-state index contributed by atoms with van der Waals surface area (Å²) in [6.07, 6.45) is 0.809. The molecular formula is C14H24N2O2S. The van der Waals surface area contributed by atoms with Crippen LogP contribution in [0, 0.1) is 0 Å². The highest BCUT2D eigenvalue weighted by molar-refractivity contribution is 7.89. The van der Waals surface area contributed by atoms with Crippen molar-refractivity contribution in [3.05, 3.63) is 29.8 Å². The summed E-state index contributed by atoms with van der Waals surface area (Å²) in [5.74, 6) is 0. The second kappa shape index (κ2) is 7.03. The van der Waals surface area contributed by atoms with Crippen molar-refractivity contribution in [1.29, 1.82) is 0 Å². The molecule has 0 saturated heterocycles. The van der Waals surface area contributed by atoms with Gasteiger partial charge in [-0.25, -0.2) is 8.42 Å². The van der Waals surface area contributed by atoms with Gasteiger partial charge in [-0.05, 0) is 38.1 Å². The Kier molecular flexibility index (Phi) is 5.97. The van der Waals surface area contributed by atoms with E-state index in [-0.39, 0.29) is 6.04 Å². The number of benzene rings is 1. The SMILES string of the molecule is CCC(C)N(CC)S(=O)(=O)c1cccc(CNC)c1. The lowest BCUT2D eigenvalue weighted by Crippen LogP contribution is -2.38. The molecule has 19 heavy (non-hydrogen) atoms. The molecule has 1 aromatic carbocycles. The minimum absolute atomic E-state index is 0.0166. The second-order valence-electron chi connectivity index (χ2n) is 4.64. The molecular weight excluding hydrogens is 260 g/mol. The maximum absolute atomic E-state index is 12.6. The van der Waals surface area contributed by atoms with Gasteiger partial charge in [0.2, 0.25) is 10.0 Å². The number of hydrogen-bond donors (Lipinski definition) is 1. The lowest BCUT2D eigenvalue weighted by atomic mass is 10.2. The summed E-state index contributed by atoms with van der Waals surface area (Å²) in [7, 11) is -1.55. The molecule has 0 radical (unpaired) electrons. The van der Waals surface area contributed by atoms with Gasteiger partial charge >= 0.3 is 0 Å². The summed E-state index contributed by atoms with van der Waals surface area (Å²) < 4.78 is 26.8. The number of nitrogens with one attached hydrogen (secondary N) is 1. The van der Waals surface area contributed by atoms with Gasteiger partial charge in [-0.1, -0.05) is 26.0 Å². The Morgan fingerprint density at radius 3 is 2.53 bits per heavy atom. The smallest absolute Gasteiger partial charge is 0.243 e. The van der Waals surface area contributed by atoms with Crippen LogP contribution in [0.15, 0.2) is 29.2 Å². The zero-order chi connectivity index (χ0) is 14.5. The monoisotopic (exact) mass is 284 g/mol. The quantitative estimate of drug-likeness (QED) is 0.835. The van der Waals surface area contributed by atoms with Gasteiger partial charge in [0, 0.05) is 19.1 Å². The van der Waals surface area contributed by atoms with Gasteiger partial charge in [0.25, 0.3) is 0 Å². The number of nitrogens with zero attached hydrogens (tertiary/aromatic N) is 1. The van der Waals surface area contributed by atoms with Crippen LogP contribution in [0.1, 0.15) is 32.8 Å². The number of sulfonamides is 1. The van der Waals surface area contributed by atoms with Gasteiger partial charge in [-0.15, -0.1) is 0 Å². The maximum atomic E-state index is 12.6. The molecule has 0 aliphatic rings. The zero-order valence-corrected chi connectivity index (χ0v) is 13.0. The van der Waals surface area contributed by atoms with Crippen LogP contribution >= 0.6 is 0 Å². The van der Waals surface area contributed by atoms with E-state index in [0.29, 0.717) is 18.0 Å². The van der Waals surface area contributed by atoms with Gasteiger partial charge in [0.05, 0.1) is 4.90 Å². The van der Waals surface area contributed by atoms with E-state index in [1.807, 2.05) is 33.9 Å². The molecule has 1 aromatic rings. The standard InChI is InChI=1S/C14H24N2O2S/c1-5-12(3)16(6-2)19(17,18)14-9-7-8-13(10-14)11-15-4/h7-10,12,15H,5-6,11H2,1-4H3. The minimum atomic E-state index is -3.40. The summed E-state index contributed by atoms with van der Waals surface area (Å²) in [5.41, 5.74) is 0.976. The first-order valence-corrected chi connectivity index (χ1v) is 8.16. The lowest BCUT2D eigenvalue weighted by molar-refractivity contribution is 0.342. The summed E-state index contributed by atoms with van der Waals surface area (Å²) in [5, 5.41) is 3.03. The van der Waals surface area contributed by atoms with Crippen molar-refractivity contribution in [2.45, 2.75) is 44.7 Å². The fraction of sp³-hybridized carbons (Fsp3) is 0.571. The summed E-state index contributed by atoms with van der Waals surface area (Å²) in [6.45, 7) is 6.98. The van der Waals surface area contributed by atoms with E-state index in [9.17, 15) is 8.42 Å². The first kappa shape index (κ1) is 16.1. The third-order valence-electron chi connectivity index (χ3n) is 3.28. The summed E-state index contributed by atoms with van der Waals surface area (Å²) in [4.78, 5) is 0.377. The molecule has 0 spiro atoms. The highest BCUT2D eigenvalue weighted by atomic mass is 32.2. The van der Waals surface area contributed by atoms with Crippen molar-refractivity contribution >= 4 is 10.0 Å². The van der Waals surface area contributed by atoms with Crippen LogP contribution in [0.3, 0.4) is 0 Å². The van der Waals surface area contributed by atoms with E-state index in [2.05, 4.69) is 5.32 Å². The third kappa shape index (κ3) is 3.78. The van der Waals surface area contributed by atoms with E-state index in [4.69, 9.17) is 0 Å². The molecule has 1 rings (SSSR count). The first-order chi connectivity index (χ1) is 8.97. The fourth-order valence-electron chi connectivity index (χ4n) is 2.08. The van der Waals surface area contributed by atoms with Gasteiger partial charge in [0.15, 0.2) is 0 Å². The van der Waals surface area contributed by atoms with Crippen molar-refractivity contribution in [1.82, 2.24) is 9.62 Å². The normalized spacial score (nSPS) is 13.7. The van der Waals surface area contributed by atoms with Crippen molar-refractivity contribution in [2.24, 2.45) is 0 Å². The van der Waals surface area contributed by atoms with E-state index in [0.717, 1.165) is 12.0 Å². The molecule has 0 fully saturated rings. The Morgan fingerprint density at radius 2 is 2.00 bits per heavy atom. The molecule has 4 nitrogen and oxygen atoms in total. The number of rotatable bonds is 7. The maximum Gasteiger partial charge on any atom is 0.243 e. The lowest BCUT2D eigenvalue weighted by Gasteiger charge is -2.26. The van der Waals surface area contributed by atoms with Crippen LogP contribution in [-0.4, -0.2) is 32.4 Å². The molecule has 5 heteroatoms. The van der Waals surface area contributed by atoms with Crippen molar-refractivity contribution in [3.63, 3.8) is 0 Å². The minimum Gasteiger partial charge on any atom is -0.316 e. The van der Waals surface area contributed by atoms with Crippen molar-refractivity contribution < 1.29 is 8.42 Å². The van der Waals surface area contributed by atoms with Crippen LogP contribution in [-0.2, 0) is 16.6 Å². The molecule has 108 valence electrons. The van der Waals surface area contributed by atoms with Crippen LogP contribution in [0.5, 0.6) is 0 Å². The predicted octanol–water partition coefficient (Wildman–Crippen LogP) is 2.22. The van der Waals surface area contributed by atoms with Crippen molar-refractivity contribution in [3.8, 4) is 0 Å². The van der Waals surface area contributed by atoms with Gasteiger partial charge < -0.3 is 5.32 Å². The predicted molar refractivity (Wildman–Crippen MR) is 78.5 cm³/mol. The molecule has 0 aliphatic heterocycles. The largest absolute Gasteiger partial charge is 0.316 e. The molecule has 0 saturated carbocycles. The van der Waals surface area contributed by atoms with Gasteiger partial charge in [0.1, 0.15) is 0 Å². The topological polar surface area (TPSA) is 49.4 Å². The van der Waals surface area contributed by atoms with Crippen LogP contribution < -0.4 is 5.32 Å². The van der Waals surface area contributed by atoms with E-state index in [1.165, 1.54) is 0 Å². The Morgan fingerprint density at radius 1 is 1.32 bits per heavy atom. The highest BCUT2D eigenvalue weighted by Crippen LogP contribution is 2.20. The number of hydrogen-bond acceptors (Lipinski definition) is 3. The third-order valence-corrected chi connectivity index (χ3v) is 5.37. The molecule has 0 amide bonds. The zero-order valence-electron chi connectivity index (χ0n) is 12.2. The average Bonchev–Trinajstić information content (AvgIpc) is 2.39. The van der Waals surface area contributed by atoms with E-state index >= 15 is 0 Å². The fourth-order valence-corrected chi connectivity index (χ4v) is 3.86.